The number of aromatic nitrogens is 3. The number of rotatable bonds is 5. The van der Waals surface area contributed by atoms with Crippen LogP contribution in [0.3, 0.4) is 0 Å². The predicted molar refractivity (Wildman–Crippen MR) is 113 cm³/mol. The van der Waals surface area contributed by atoms with Crippen molar-refractivity contribution in [2.24, 2.45) is 0 Å². The maximum atomic E-state index is 12.6. The standard InChI is InChI=1S/C21H18N4O3S/c1-2-28-17-11-14(8-9-16(17)26)10-15-19(22)25-21(23-20(15)27)29-18(24-25)12-13-6-4-3-5-7-13/h3-11H,2,12,22H2,1H3/b14-10+. The van der Waals surface area contributed by atoms with E-state index in [1.54, 1.807) is 25.2 Å². The second kappa shape index (κ2) is 7.84. The Morgan fingerprint density at radius 3 is 2.76 bits per heavy atom. The molecule has 0 fully saturated rings. The zero-order valence-corrected chi connectivity index (χ0v) is 16.5. The van der Waals surface area contributed by atoms with Crippen LogP contribution in [0, 0.1) is 0 Å². The Bertz CT molecular complexity index is 1240. The summed E-state index contributed by atoms with van der Waals surface area (Å²) in [6.07, 6.45) is 6.82. The van der Waals surface area contributed by atoms with E-state index in [1.165, 1.54) is 21.9 Å². The van der Waals surface area contributed by atoms with Crippen molar-refractivity contribution in [2.45, 2.75) is 13.3 Å². The normalized spacial score (nSPS) is 15.1. The Labute approximate surface area is 170 Å². The molecule has 1 aliphatic carbocycles. The number of carbonyl (C=O) groups excluding carboxylic acids is 1. The summed E-state index contributed by atoms with van der Waals surface area (Å²) in [5, 5.41) is 5.33. The number of allylic oxidation sites excluding steroid dienone is 4. The number of fused-ring (bicyclic) bond motifs is 1. The summed E-state index contributed by atoms with van der Waals surface area (Å²) < 4.78 is 6.82. The van der Waals surface area contributed by atoms with Gasteiger partial charge >= 0.3 is 0 Å². The van der Waals surface area contributed by atoms with Crippen LogP contribution in [-0.4, -0.2) is 27.0 Å². The first kappa shape index (κ1) is 18.8. The third kappa shape index (κ3) is 3.88. The highest BCUT2D eigenvalue weighted by molar-refractivity contribution is 7.16. The number of carbonyl (C=O) groups is 1. The molecule has 7 nitrogen and oxygen atoms in total. The Hall–Kier alpha value is -3.52. The fourth-order valence-electron chi connectivity index (χ4n) is 2.95. The fraction of sp³-hybridized carbons (Fsp3) is 0.143. The second-order valence-corrected chi connectivity index (χ2v) is 7.39. The molecule has 0 saturated heterocycles. The summed E-state index contributed by atoms with van der Waals surface area (Å²) >= 11 is 1.33. The van der Waals surface area contributed by atoms with Crippen LogP contribution < -0.4 is 11.3 Å². The molecule has 29 heavy (non-hydrogen) atoms. The summed E-state index contributed by atoms with van der Waals surface area (Å²) in [5.74, 6) is 0.222. The quantitative estimate of drug-likeness (QED) is 0.699. The predicted octanol–water partition coefficient (Wildman–Crippen LogP) is 2.77. The Balaban J connectivity index is 1.73. The molecule has 2 heterocycles. The largest absolute Gasteiger partial charge is 0.490 e. The van der Waals surface area contributed by atoms with Gasteiger partial charge in [-0.15, -0.1) is 0 Å². The maximum Gasteiger partial charge on any atom is 0.283 e. The van der Waals surface area contributed by atoms with Crippen molar-refractivity contribution in [2.75, 3.05) is 12.3 Å². The van der Waals surface area contributed by atoms with Gasteiger partial charge in [-0.05, 0) is 36.3 Å². The zero-order valence-electron chi connectivity index (χ0n) is 15.7. The number of benzene rings is 1. The van der Waals surface area contributed by atoms with Gasteiger partial charge < -0.3 is 10.5 Å². The summed E-state index contributed by atoms with van der Waals surface area (Å²) in [4.78, 5) is 29.0. The summed E-state index contributed by atoms with van der Waals surface area (Å²) in [6, 6.07) is 9.92. The molecule has 0 saturated carbocycles. The lowest BCUT2D eigenvalue weighted by Gasteiger charge is -2.10. The molecule has 0 aliphatic heterocycles. The maximum absolute atomic E-state index is 12.6. The number of ketones is 1. The van der Waals surface area contributed by atoms with Crippen LogP contribution in [0.1, 0.15) is 23.1 Å². The molecular weight excluding hydrogens is 388 g/mol. The van der Waals surface area contributed by atoms with Crippen molar-refractivity contribution in [3.05, 3.63) is 86.4 Å². The average molecular weight is 406 g/mol. The molecule has 0 atom stereocenters. The topological polar surface area (TPSA) is 99.6 Å². The molecule has 0 unspecified atom stereocenters. The average Bonchev–Trinajstić information content (AvgIpc) is 3.11. The van der Waals surface area contributed by atoms with Crippen LogP contribution in [0.15, 0.2) is 64.7 Å². The van der Waals surface area contributed by atoms with Crippen molar-refractivity contribution < 1.29 is 9.53 Å². The Morgan fingerprint density at radius 2 is 2.00 bits per heavy atom. The smallest absolute Gasteiger partial charge is 0.283 e. The van der Waals surface area contributed by atoms with Gasteiger partial charge in [-0.2, -0.15) is 14.6 Å². The van der Waals surface area contributed by atoms with Crippen LogP contribution in [0.2, 0.25) is 0 Å². The van der Waals surface area contributed by atoms with Crippen LogP contribution in [0.25, 0.3) is 11.0 Å². The van der Waals surface area contributed by atoms with Gasteiger partial charge in [0.2, 0.25) is 10.7 Å². The first-order valence-corrected chi connectivity index (χ1v) is 9.87. The van der Waals surface area contributed by atoms with E-state index in [1.807, 2.05) is 30.3 Å². The van der Waals surface area contributed by atoms with E-state index in [9.17, 15) is 9.59 Å². The third-order valence-electron chi connectivity index (χ3n) is 4.31. The molecule has 2 N–H and O–H groups in total. The van der Waals surface area contributed by atoms with Crippen molar-refractivity contribution in [1.82, 2.24) is 14.6 Å². The minimum absolute atomic E-state index is 0.208. The first-order chi connectivity index (χ1) is 14.0. The van der Waals surface area contributed by atoms with E-state index < -0.39 is 5.56 Å². The number of hydrogen-bond acceptors (Lipinski definition) is 7. The van der Waals surface area contributed by atoms with Crippen LogP contribution in [0.4, 0.5) is 5.82 Å². The van der Waals surface area contributed by atoms with E-state index in [4.69, 9.17) is 10.5 Å². The van der Waals surface area contributed by atoms with Gasteiger partial charge in [0.1, 0.15) is 10.8 Å². The summed E-state index contributed by atoms with van der Waals surface area (Å²) in [6.45, 7) is 2.17. The van der Waals surface area contributed by atoms with Gasteiger partial charge in [0.15, 0.2) is 5.76 Å². The number of ether oxygens (including phenoxy) is 1. The lowest BCUT2D eigenvalue weighted by atomic mass is 10.0. The highest BCUT2D eigenvalue weighted by atomic mass is 32.1. The zero-order chi connectivity index (χ0) is 20.4. The second-order valence-electron chi connectivity index (χ2n) is 6.35. The lowest BCUT2D eigenvalue weighted by molar-refractivity contribution is -0.114. The Kier molecular flexibility index (Phi) is 5.09. The number of nitrogens with zero attached hydrogens (tertiary/aromatic N) is 3. The minimum Gasteiger partial charge on any atom is -0.490 e. The van der Waals surface area contributed by atoms with Gasteiger partial charge in [0.25, 0.3) is 5.56 Å². The SMILES string of the molecule is CCOC1=C/C(=C/c2c(N)n3nc(Cc4ccccc4)sc3nc2=O)C=CC1=O. The molecule has 0 bridgehead atoms. The molecule has 8 heteroatoms. The number of nitrogen functional groups attached to an aromatic ring is 1. The third-order valence-corrected chi connectivity index (χ3v) is 5.22. The van der Waals surface area contributed by atoms with Crippen LogP contribution in [-0.2, 0) is 16.0 Å². The molecular formula is C21H18N4O3S. The highest BCUT2D eigenvalue weighted by Crippen LogP contribution is 2.22. The monoisotopic (exact) mass is 406 g/mol. The number of hydrogen-bond donors (Lipinski definition) is 1. The molecule has 0 amide bonds. The highest BCUT2D eigenvalue weighted by Gasteiger charge is 2.16. The van der Waals surface area contributed by atoms with Gasteiger partial charge in [0, 0.05) is 6.42 Å². The van der Waals surface area contributed by atoms with Crippen molar-refractivity contribution in [1.29, 1.82) is 0 Å². The molecule has 3 aromatic rings. The van der Waals surface area contributed by atoms with Crippen LogP contribution in [0.5, 0.6) is 0 Å². The number of anilines is 1. The van der Waals surface area contributed by atoms with Gasteiger partial charge in [-0.1, -0.05) is 47.7 Å². The van der Waals surface area contributed by atoms with E-state index >= 15 is 0 Å². The van der Waals surface area contributed by atoms with Crippen molar-refractivity contribution in [3.8, 4) is 0 Å². The number of nitrogens with two attached hydrogens (primary N) is 1. The molecule has 1 aliphatic rings. The Morgan fingerprint density at radius 1 is 1.21 bits per heavy atom. The van der Waals surface area contributed by atoms with Gasteiger partial charge in [0.05, 0.1) is 12.2 Å². The minimum atomic E-state index is -0.443. The molecule has 1 aromatic carbocycles. The molecule has 146 valence electrons. The summed E-state index contributed by atoms with van der Waals surface area (Å²) in [7, 11) is 0. The fourth-order valence-corrected chi connectivity index (χ4v) is 3.87. The van der Waals surface area contributed by atoms with Crippen molar-refractivity contribution in [3.63, 3.8) is 0 Å². The first-order valence-electron chi connectivity index (χ1n) is 9.06. The lowest BCUT2D eigenvalue weighted by Crippen LogP contribution is -2.17. The van der Waals surface area contributed by atoms with Gasteiger partial charge in [-0.25, -0.2) is 0 Å². The molecule has 2 aromatic heterocycles. The van der Waals surface area contributed by atoms with E-state index in [-0.39, 0.29) is 22.9 Å². The van der Waals surface area contributed by atoms with E-state index in [2.05, 4.69) is 10.1 Å². The molecule has 0 spiro atoms. The van der Waals surface area contributed by atoms with Crippen molar-refractivity contribution >= 4 is 34.0 Å². The van der Waals surface area contributed by atoms with E-state index in [0.29, 0.717) is 23.6 Å². The molecule has 0 radical (unpaired) electrons. The van der Waals surface area contributed by atoms with Gasteiger partial charge in [-0.3, -0.25) is 9.59 Å². The molecule has 4 rings (SSSR count). The summed E-state index contributed by atoms with van der Waals surface area (Å²) in [5.41, 5.74) is 7.76. The van der Waals surface area contributed by atoms with Crippen LogP contribution >= 0.6 is 11.3 Å². The van der Waals surface area contributed by atoms with E-state index in [0.717, 1.165) is 10.6 Å².